The monoisotopic (exact) mass is 268 g/mol. The Morgan fingerprint density at radius 1 is 1.21 bits per heavy atom. The van der Waals surface area contributed by atoms with Gasteiger partial charge in [0.25, 0.3) is 0 Å². The Morgan fingerprint density at radius 3 is 2.63 bits per heavy atom. The van der Waals surface area contributed by atoms with Gasteiger partial charge >= 0.3 is 0 Å². The van der Waals surface area contributed by atoms with Gasteiger partial charge in [0, 0.05) is 25.7 Å². The first kappa shape index (κ1) is 15.3. The predicted octanol–water partition coefficient (Wildman–Crippen LogP) is 2.37. The zero-order valence-corrected chi connectivity index (χ0v) is 13.2. The van der Waals surface area contributed by atoms with Gasteiger partial charge in [-0.05, 0) is 57.5 Å². The molecule has 2 fully saturated rings. The van der Waals surface area contributed by atoms with E-state index >= 15 is 0 Å². The highest BCUT2D eigenvalue weighted by Crippen LogP contribution is 2.34. The van der Waals surface area contributed by atoms with Crippen LogP contribution in [-0.4, -0.2) is 50.8 Å². The van der Waals surface area contributed by atoms with Gasteiger partial charge in [-0.1, -0.05) is 13.8 Å². The molecule has 0 amide bonds. The minimum Gasteiger partial charge on any atom is -0.377 e. The van der Waals surface area contributed by atoms with E-state index in [9.17, 15) is 0 Å². The molecule has 5 atom stereocenters. The molecule has 1 aliphatic heterocycles. The van der Waals surface area contributed by atoms with Crippen LogP contribution in [0.2, 0.25) is 0 Å². The Hall–Kier alpha value is -0.120. The highest BCUT2D eigenvalue weighted by molar-refractivity contribution is 4.88. The Morgan fingerprint density at radius 2 is 2.00 bits per heavy atom. The zero-order chi connectivity index (χ0) is 13.8. The van der Waals surface area contributed by atoms with Gasteiger partial charge in [0.05, 0.1) is 6.10 Å². The van der Waals surface area contributed by atoms with Gasteiger partial charge in [-0.25, -0.2) is 0 Å². The molecule has 0 spiro atoms. The largest absolute Gasteiger partial charge is 0.377 e. The predicted molar refractivity (Wildman–Crippen MR) is 80.4 cm³/mol. The third-order valence-corrected chi connectivity index (χ3v) is 5.11. The van der Waals surface area contributed by atoms with E-state index in [2.05, 4.69) is 38.2 Å². The normalized spacial score (nSPS) is 39.9. The summed E-state index contributed by atoms with van der Waals surface area (Å²) in [5.41, 5.74) is 0. The second-order valence-electron chi connectivity index (χ2n) is 6.97. The molecule has 1 saturated heterocycles. The maximum Gasteiger partial charge on any atom is 0.0702 e. The second kappa shape index (κ2) is 7.05. The number of nitrogens with one attached hydrogen (secondary N) is 1. The quantitative estimate of drug-likeness (QED) is 0.828. The minimum absolute atomic E-state index is 0.482. The summed E-state index contributed by atoms with van der Waals surface area (Å²) in [6, 6.07) is 0.686. The Balaban J connectivity index is 1.84. The van der Waals surface area contributed by atoms with Crippen molar-refractivity contribution in [3.63, 3.8) is 0 Å². The highest BCUT2D eigenvalue weighted by atomic mass is 16.5. The fourth-order valence-electron chi connectivity index (χ4n) is 4.12. The molecule has 5 unspecified atom stereocenters. The van der Waals surface area contributed by atoms with Crippen LogP contribution < -0.4 is 5.32 Å². The van der Waals surface area contributed by atoms with E-state index in [4.69, 9.17) is 4.74 Å². The topological polar surface area (TPSA) is 24.5 Å². The molecule has 0 radical (unpaired) electrons. The summed E-state index contributed by atoms with van der Waals surface area (Å²) in [5.74, 6) is 2.48. The van der Waals surface area contributed by atoms with Crippen molar-refractivity contribution in [1.82, 2.24) is 10.2 Å². The summed E-state index contributed by atoms with van der Waals surface area (Å²) in [7, 11) is 4.39. The van der Waals surface area contributed by atoms with Crippen molar-refractivity contribution in [1.29, 1.82) is 0 Å². The van der Waals surface area contributed by atoms with E-state index in [1.54, 1.807) is 0 Å². The molecule has 1 aliphatic carbocycles. The molecule has 1 saturated carbocycles. The number of ether oxygens (including phenoxy) is 1. The van der Waals surface area contributed by atoms with E-state index in [1.807, 2.05) is 0 Å². The molecule has 2 rings (SSSR count). The Kier molecular flexibility index (Phi) is 5.67. The summed E-state index contributed by atoms with van der Waals surface area (Å²) < 4.78 is 5.75. The molecule has 0 aromatic carbocycles. The van der Waals surface area contributed by atoms with E-state index in [0.717, 1.165) is 30.9 Å². The lowest BCUT2D eigenvalue weighted by Crippen LogP contribution is -2.48. The van der Waals surface area contributed by atoms with Crippen LogP contribution in [0.1, 0.15) is 39.5 Å². The molecule has 0 aromatic rings. The zero-order valence-electron chi connectivity index (χ0n) is 13.2. The number of rotatable bonds is 5. The van der Waals surface area contributed by atoms with E-state index in [0.29, 0.717) is 12.1 Å². The van der Waals surface area contributed by atoms with Crippen LogP contribution in [-0.2, 0) is 4.74 Å². The summed E-state index contributed by atoms with van der Waals surface area (Å²) in [4.78, 5) is 2.50. The standard InChI is InChI=1S/C16H32N2O/c1-12-8-13(2)15(16(9-12)17-3)11-18(4)10-14-6-5-7-19-14/h12-17H,5-11H2,1-4H3. The van der Waals surface area contributed by atoms with Gasteiger partial charge in [0.15, 0.2) is 0 Å². The van der Waals surface area contributed by atoms with Crippen molar-refractivity contribution < 1.29 is 4.74 Å². The molecule has 19 heavy (non-hydrogen) atoms. The molecular formula is C16H32N2O. The molecule has 3 heteroatoms. The van der Waals surface area contributed by atoms with Crippen LogP contribution in [0.4, 0.5) is 0 Å². The SMILES string of the molecule is CNC1CC(C)CC(C)C1CN(C)CC1CCCO1. The average Bonchev–Trinajstić information content (AvgIpc) is 2.85. The maximum atomic E-state index is 5.75. The highest BCUT2D eigenvalue weighted by Gasteiger charge is 2.34. The lowest BCUT2D eigenvalue weighted by molar-refractivity contribution is 0.0591. The average molecular weight is 268 g/mol. The Bertz CT molecular complexity index is 265. The lowest BCUT2D eigenvalue weighted by Gasteiger charge is -2.41. The molecular weight excluding hydrogens is 236 g/mol. The van der Waals surface area contributed by atoms with E-state index in [1.165, 1.54) is 32.2 Å². The first-order chi connectivity index (χ1) is 9.10. The third kappa shape index (κ3) is 4.17. The summed E-state index contributed by atoms with van der Waals surface area (Å²) >= 11 is 0. The fourth-order valence-corrected chi connectivity index (χ4v) is 4.12. The van der Waals surface area contributed by atoms with Crippen molar-refractivity contribution in [2.24, 2.45) is 17.8 Å². The van der Waals surface area contributed by atoms with Gasteiger partial charge in [-0.3, -0.25) is 0 Å². The van der Waals surface area contributed by atoms with Crippen molar-refractivity contribution in [2.45, 2.75) is 51.7 Å². The molecule has 3 nitrogen and oxygen atoms in total. The first-order valence-corrected chi connectivity index (χ1v) is 8.07. The molecule has 112 valence electrons. The summed E-state index contributed by atoms with van der Waals surface area (Å²) in [6.45, 7) is 8.11. The number of hydrogen-bond donors (Lipinski definition) is 1. The van der Waals surface area contributed by atoms with Gasteiger partial charge < -0.3 is 15.0 Å². The maximum absolute atomic E-state index is 5.75. The number of hydrogen-bond acceptors (Lipinski definition) is 3. The Labute approximate surface area is 119 Å². The molecule has 1 heterocycles. The second-order valence-corrected chi connectivity index (χ2v) is 6.97. The van der Waals surface area contributed by atoms with Crippen molar-refractivity contribution in [3.05, 3.63) is 0 Å². The first-order valence-electron chi connectivity index (χ1n) is 8.07. The van der Waals surface area contributed by atoms with Gasteiger partial charge in [-0.2, -0.15) is 0 Å². The van der Waals surface area contributed by atoms with Crippen molar-refractivity contribution in [2.75, 3.05) is 33.8 Å². The van der Waals surface area contributed by atoms with Crippen molar-refractivity contribution >= 4 is 0 Å². The van der Waals surface area contributed by atoms with Gasteiger partial charge in [0.2, 0.25) is 0 Å². The van der Waals surface area contributed by atoms with Crippen molar-refractivity contribution in [3.8, 4) is 0 Å². The molecule has 0 bridgehead atoms. The van der Waals surface area contributed by atoms with E-state index in [-0.39, 0.29) is 0 Å². The van der Waals surface area contributed by atoms with Crippen LogP contribution in [0.5, 0.6) is 0 Å². The number of likely N-dealkylation sites (N-methyl/N-ethyl adjacent to an activating group) is 1. The van der Waals surface area contributed by atoms with Crippen LogP contribution in [0.3, 0.4) is 0 Å². The molecule has 0 aromatic heterocycles. The van der Waals surface area contributed by atoms with E-state index < -0.39 is 0 Å². The van der Waals surface area contributed by atoms with Crippen LogP contribution >= 0.6 is 0 Å². The fraction of sp³-hybridized carbons (Fsp3) is 1.00. The lowest BCUT2D eigenvalue weighted by atomic mass is 9.72. The van der Waals surface area contributed by atoms with Crippen LogP contribution in [0, 0.1) is 17.8 Å². The van der Waals surface area contributed by atoms with Crippen LogP contribution in [0.25, 0.3) is 0 Å². The molecule has 2 aliphatic rings. The van der Waals surface area contributed by atoms with Gasteiger partial charge in [0.1, 0.15) is 0 Å². The summed E-state index contributed by atoms with van der Waals surface area (Å²) in [5, 5.41) is 3.56. The minimum atomic E-state index is 0.482. The smallest absolute Gasteiger partial charge is 0.0702 e. The summed E-state index contributed by atoms with van der Waals surface area (Å²) in [6.07, 6.45) is 5.69. The van der Waals surface area contributed by atoms with Gasteiger partial charge in [-0.15, -0.1) is 0 Å². The molecule has 1 N–H and O–H groups in total. The third-order valence-electron chi connectivity index (χ3n) is 5.11. The van der Waals surface area contributed by atoms with Crippen LogP contribution in [0.15, 0.2) is 0 Å². The number of nitrogens with zero attached hydrogens (tertiary/aromatic N) is 1.